The molecule has 2 nitrogen and oxygen atoms in total. The minimum Gasteiger partial charge on any atom is -0.507 e. The highest BCUT2D eigenvalue weighted by Gasteiger charge is 2.14. The smallest absolute Gasteiger partial charge is 0.171 e. The summed E-state index contributed by atoms with van der Waals surface area (Å²) in [7, 11) is 0. The van der Waals surface area contributed by atoms with Crippen LogP contribution >= 0.6 is 15.9 Å². The molecule has 0 spiro atoms. The molecule has 0 aliphatic heterocycles. The molecule has 0 saturated carbocycles. The van der Waals surface area contributed by atoms with Crippen LogP contribution in [-0.4, -0.2) is 10.9 Å². The topological polar surface area (TPSA) is 37.3 Å². The second-order valence-corrected chi connectivity index (χ2v) is 4.77. The molecule has 0 fully saturated rings. The summed E-state index contributed by atoms with van der Waals surface area (Å²) in [5.74, 6) is -0.834. The van der Waals surface area contributed by atoms with Crippen LogP contribution in [0.5, 0.6) is 5.75 Å². The molecule has 0 aliphatic rings. The fraction of sp³-hybridized carbons (Fsp3) is 0.0714. The molecule has 2 rings (SSSR count). The van der Waals surface area contributed by atoms with Crippen molar-refractivity contribution in [3.05, 3.63) is 63.9 Å². The summed E-state index contributed by atoms with van der Waals surface area (Å²) in [5.41, 5.74) is 0.509. The standard InChI is InChI=1S/C14H10BrFO2/c15-10-5-6-13(17)11(8-10)14(18)7-9-3-1-2-4-12(9)16/h1-6,8,17H,7H2. The predicted molar refractivity (Wildman–Crippen MR) is 70.2 cm³/mol. The van der Waals surface area contributed by atoms with Crippen LogP contribution in [0.25, 0.3) is 0 Å². The minimum atomic E-state index is -0.416. The van der Waals surface area contributed by atoms with Crippen LogP contribution in [0.2, 0.25) is 0 Å². The van der Waals surface area contributed by atoms with E-state index in [0.717, 1.165) is 0 Å². The maximum absolute atomic E-state index is 13.4. The van der Waals surface area contributed by atoms with Crippen molar-refractivity contribution in [1.82, 2.24) is 0 Å². The van der Waals surface area contributed by atoms with Gasteiger partial charge in [-0.15, -0.1) is 0 Å². The van der Waals surface area contributed by atoms with Crippen molar-refractivity contribution < 1.29 is 14.3 Å². The second-order valence-electron chi connectivity index (χ2n) is 3.85. The van der Waals surface area contributed by atoms with Gasteiger partial charge < -0.3 is 5.11 Å². The molecule has 1 N–H and O–H groups in total. The number of ketones is 1. The largest absolute Gasteiger partial charge is 0.507 e. The van der Waals surface area contributed by atoms with E-state index in [1.165, 1.54) is 18.2 Å². The number of hydrogen-bond donors (Lipinski definition) is 1. The van der Waals surface area contributed by atoms with Crippen molar-refractivity contribution in [3.63, 3.8) is 0 Å². The molecular formula is C14H10BrFO2. The molecule has 0 aliphatic carbocycles. The van der Waals surface area contributed by atoms with Crippen molar-refractivity contribution in [2.24, 2.45) is 0 Å². The Morgan fingerprint density at radius 3 is 2.67 bits per heavy atom. The zero-order chi connectivity index (χ0) is 13.1. The van der Waals surface area contributed by atoms with E-state index in [2.05, 4.69) is 15.9 Å². The van der Waals surface area contributed by atoms with Crippen molar-refractivity contribution in [1.29, 1.82) is 0 Å². The highest BCUT2D eigenvalue weighted by molar-refractivity contribution is 9.10. The Bertz CT molecular complexity index is 596. The van der Waals surface area contributed by atoms with E-state index in [1.54, 1.807) is 24.3 Å². The first kappa shape index (κ1) is 12.8. The SMILES string of the molecule is O=C(Cc1ccccc1F)c1cc(Br)ccc1O. The van der Waals surface area contributed by atoms with Crippen LogP contribution in [0.4, 0.5) is 4.39 Å². The third kappa shape index (κ3) is 2.76. The fourth-order valence-corrected chi connectivity index (χ4v) is 2.00. The Hall–Kier alpha value is -1.68. The quantitative estimate of drug-likeness (QED) is 0.877. The molecule has 0 atom stereocenters. The first-order valence-corrected chi connectivity index (χ1v) is 6.12. The summed E-state index contributed by atoms with van der Waals surface area (Å²) >= 11 is 3.23. The summed E-state index contributed by atoms with van der Waals surface area (Å²) in [5, 5.41) is 9.62. The number of benzene rings is 2. The number of rotatable bonds is 3. The highest BCUT2D eigenvalue weighted by Crippen LogP contribution is 2.23. The van der Waals surface area contributed by atoms with Gasteiger partial charge in [0.05, 0.1) is 5.56 Å². The van der Waals surface area contributed by atoms with Crippen molar-refractivity contribution >= 4 is 21.7 Å². The Kier molecular flexibility index (Phi) is 3.77. The number of aromatic hydroxyl groups is 1. The zero-order valence-corrected chi connectivity index (χ0v) is 10.9. The van der Waals surface area contributed by atoms with Gasteiger partial charge >= 0.3 is 0 Å². The average molecular weight is 309 g/mol. The van der Waals surface area contributed by atoms with E-state index in [-0.39, 0.29) is 23.5 Å². The lowest BCUT2D eigenvalue weighted by atomic mass is 10.0. The van der Waals surface area contributed by atoms with Gasteiger partial charge in [0.25, 0.3) is 0 Å². The lowest BCUT2D eigenvalue weighted by molar-refractivity contribution is 0.0989. The van der Waals surface area contributed by atoms with Gasteiger partial charge in [-0.3, -0.25) is 4.79 Å². The van der Waals surface area contributed by atoms with E-state index < -0.39 is 5.82 Å². The molecule has 18 heavy (non-hydrogen) atoms. The van der Waals surface area contributed by atoms with E-state index in [0.29, 0.717) is 10.0 Å². The van der Waals surface area contributed by atoms with Crippen LogP contribution < -0.4 is 0 Å². The number of carbonyl (C=O) groups excluding carboxylic acids is 1. The number of carbonyl (C=O) groups is 1. The summed E-state index contributed by atoms with van der Waals surface area (Å²) in [6.07, 6.45) is -0.0727. The van der Waals surface area contributed by atoms with E-state index in [9.17, 15) is 14.3 Å². The third-order valence-corrected chi connectivity index (χ3v) is 3.06. The molecule has 2 aromatic rings. The maximum Gasteiger partial charge on any atom is 0.171 e. The summed E-state index contributed by atoms with van der Waals surface area (Å²) in [4.78, 5) is 12.0. The first-order valence-electron chi connectivity index (χ1n) is 5.33. The maximum atomic E-state index is 13.4. The van der Waals surface area contributed by atoms with Crippen LogP contribution in [-0.2, 0) is 6.42 Å². The van der Waals surface area contributed by atoms with E-state index >= 15 is 0 Å². The highest BCUT2D eigenvalue weighted by atomic mass is 79.9. The number of phenols is 1. The lowest BCUT2D eigenvalue weighted by Crippen LogP contribution is -2.05. The minimum absolute atomic E-state index is 0.0727. The van der Waals surface area contributed by atoms with Gasteiger partial charge in [0.15, 0.2) is 5.78 Å². The molecule has 2 aromatic carbocycles. The molecule has 0 bridgehead atoms. The van der Waals surface area contributed by atoms with Crippen molar-refractivity contribution in [2.45, 2.75) is 6.42 Å². The first-order chi connectivity index (χ1) is 8.58. The Labute approximate surface area is 112 Å². The Balaban J connectivity index is 2.28. The molecule has 0 amide bonds. The monoisotopic (exact) mass is 308 g/mol. The molecule has 4 heteroatoms. The van der Waals surface area contributed by atoms with Gasteiger partial charge in [0.1, 0.15) is 11.6 Å². The molecular weight excluding hydrogens is 299 g/mol. The number of halogens is 2. The van der Waals surface area contributed by atoms with Gasteiger partial charge in [-0.2, -0.15) is 0 Å². The third-order valence-electron chi connectivity index (χ3n) is 2.57. The van der Waals surface area contributed by atoms with Crippen molar-refractivity contribution in [3.8, 4) is 5.75 Å². The normalized spacial score (nSPS) is 10.3. The van der Waals surface area contributed by atoms with Gasteiger partial charge in [0, 0.05) is 10.9 Å². The zero-order valence-electron chi connectivity index (χ0n) is 9.36. The van der Waals surface area contributed by atoms with Crippen LogP contribution in [0.1, 0.15) is 15.9 Å². The Morgan fingerprint density at radius 1 is 1.22 bits per heavy atom. The van der Waals surface area contributed by atoms with Gasteiger partial charge in [-0.25, -0.2) is 4.39 Å². The molecule has 0 radical (unpaired) electrons. The molecule has 0 unspecified atom stereocenters. The molecule has 92 valence electrons. The fourth-order valence-electron chi connectivity index (χ4n) is 1.64. The van der Waals surface area contributed by atoms with Crippen LogP contribution in [0, 0.1) is 5.82 Å². The van der Waals surface area contributed by atoms with Crippen LogP contribution in [0.3, 0.4) is 0 Å². The van der Waals surface area contributed by atoms with E-state index in [4.69, 9.17) is 0 Å². The average Bonchev–Trinajstić information content (AvgIpc) is 2.35. The van der Waals surface area contributed by atoms with Gasteiger partial charge in [0.2, 0.25) is 0 Å². The second kappa shape index (κ2) is 5.31. The van der Waals surface area contributed by atoms with Gasteiger partial charge in [-0.1, -0.05) is 34.1 Å². The molecule has 0 saturated heterocycles. The number of phenolic OH excluding ortho intramolecular Hbond substituents is 1. The summed E-state index contributed by atoms with van der Waals surface area (Å²) in [6.45, 7) is 0. The summed E-state index contributed by atoms with van der Waals surface area (Å²) in [6, 6.07) is 10.7. The van der Waals surface area contributed by atoms with E-state index in [1.807, 2.05) is 0 Å². The summed E-state index contributed by atoms with van der Waals surface area (Å²) < 4.78 is 14.1. The number of Topliss-reactive ketones (excluding diaryl/α,β-unsaturated/α-hetero) is 1. The van der Waals surface area contributed by atoms with Crippen LogP contribution in [0.15, 0.2) is 46.9 Å². The molecule has 0 aromatic heterocycles. The molecule has 0 heterocycles. The van der Waals surface area contributed by atoms with Gasteiger partial charge in [-0.05, 0) is 29.8 Å². The lowest BCUT2D eigenvalue weighted by Gasteiger charge is -2.05. The Morgan fingerprint density at radius 2 is 1.94 bits per heavy atom. The predicted octanol–water partition coefficient (Wildman–Crippen LogP) is 3.72. The van der Waals surface area contributed by atoms with Crippen molar-refractivity contribution in [2.75, 3.05) is 0 Å². The number of hydrogen-bond acceptors (Lipinski definition) is 2.